The molecule has 0 aliphatic rings. The van der Waals surface area contributed by atoms with Crippen LogP contribution in [0.1, 0.15) is 5.56 Å². The monoisotopic (exact) mass is 169 g/mol. The van der Waals surface area contributed by atoms with Gasteiger partial charge in [0.05, 0.1) is 26.0 Å². The smallest absolute Gasteiger partial charge is 0.0663 e. The first kappa shape index (κ1) is 9.22. The van der Waals surface area contributed by atoms with Gasteiger partial charge in [-0.1, -0.05) is 0 Å². The van der Waals surface area contributed by atoms with Crippen molar-refractivity contribution in [2.75, 3.05) is 19.8 Å². The number of ether oxygens (including phenoxy) is 1. The van der Waals surface area contributed by atoms with E-state index in [2.05, 4.69) is 5.10 Å². The van der Waals surface area contributed by atoms with Crippen molar-refractivity contribution in [1.29, 1.82) is 0 Å². The van der Waals surface area contributed by atoms with Crippen LogP contribution in [0.4, 0.5) is 0 Å². The summed E-state index contributed by atoms with van der Waals surface area (Å²) in [5.74, 6) is 0. The SMILES string of the molecule is Cc1cnn(CCOCCN)c1. The summed E-state index contributed by atoms with van der Waals surface area (Å²) in [6.45, 7) is 4.70. The minimum Gasteiger partial charge on any atom is -0.378 e. The molecule has 0 aliphatic carbocycles. The highest BCUT2D eigenvalue weighted by Gasteiger charge is 1.92. The molecule has 0 bridgehead atoms. The molecule has 0 saturated heterocycles. The molecule has 0 saturated carbocycles. The zero-order valence-corrected chi connectivity index (χ0v) is 7.36. The van der Waals surface area contributed by atoms with Gasteiger partial charge in [0.2, 0.25) is 0 Å². The first-order valence-electron chi connectivity index (χ1n) is 4.10. The van der Waals surface area contributed by atoms with Gasteiger partial charge in [-0.25, -0.2) is 0 Å². The highest BCUT2D eigenvalue weighted by Crippen LogP contribution is 1.93. The lowest BCUT2D eigenvalue weighted by molar-refractivity contribution is 0.130. The molecule has 0 radical (unpaired) electrons. The maximum Gasteiger partial charge on any atom is 0.0663 e. The molecule has 4 nitrogen and oxygen atoms in total. The number of aromatic nitrogens is 2. The van der Waals surface area contributed by atoms with E-state index < -0.39 is 0 Å². The normalized spacial score (nSPS) is 10.5. The fourth-order valence-electron chi connectivity index (χ4n) is 0.933. The third-order valence-corrected chi connectivity index (χ3v) is 1.49. The van der Waals surface area contributed by atoms with Crippen LogP contribution in [-0.2, 0) is 11.3 Å². The quantitative estimate of drug-likeness (QED) is 0.639. The zero-order valence-electron chi connectivity index (χ0n) is 7.36. The predicted molar refractivity (Wildman–Crippen MR) is 46.8 cm³/mol. The Bertz CT molecular complexity index is 222. The second-order valence-electron chi connectivity index (χ2n) is 2.68. The van der Waals surface area contributed by atoms with Crippen molar-refractivity contribution in [3.05, 3.63) is 18.0 Å². The van der Waals surface area contributed by atoms with Crippen LogP contribution >= 0.6 is 0 Å². The number of nitrogens with two attached hydrogens (primary N) is 1. The minimum atomic E-state index is 0.581. The Hall–Kier alpha value is -0.870. The summed E-state index contributed by atoms with van der Waals surface area (Å²) in [5.41, 5.74) is 6.44. The summed E-state index contributed by atoms with van der Waals surface area (Å²) >= 11 is 0. The van der Waals surface area contributed by atoms with Crippen LogP contribution in [0.5, 0.6) is 0 Å². The van der Waals surface area contributed by atoms with Crippen LogP contribution in [-0.4, -0.2) is 29.5 Å². The number of hydrogen-bond donors (Lipinski definition) is 1. The summed E-state index contributed by atoms with van der Waals surface area (Å²) in [4.78, 5) is 0. The van der Waals surface area contributed by atoms with Gasteiger partial charge in [0.15, 0.2) is 0 Å². The van der Waals surface area contributed by atoms with Crippen LogP contribution in [0.2, 0.25) is 0 Å². The summed E-state index contributed by atoms with van der Waals surface area (Å²) < 4.78 is 7.08. The van der Waals surface area contributed by atoms with Gasteiger partial charge in [-0.2, -0.15) is 5.10 Å². The fourth-order valence-corrected chi connectivity index (χ4v) is 0.933. The Labute approximate surface area is 72.3 Å². The van der Waals surface area contributed by atoms with Crippen molar-refractivity contribution >= 4 is 0 Å². The van der Waals surface area contributed by atoms with Crippen molar-refractivity contribution in [1.82, 2.24) is 9.78 Å². The topological polar surface area (TPSA) is 53.1 Å². The Morgan fingerprint density at radius 2 is 2.42 bits per heavy atom. The van der Waals surface area contributed by atoms with E-state index in [-0.39, 0.29) is 0 Å². The zero-order chi connectivity index (χ0) is 8.81. The lowest BCUT2D eigenvalue weighted by atomic mass is 10.4. The van der Waals surface area contributed by atoms with E-state index in [1.54, 1.807) is 0 Å². The first-order chi connectivity index (χ1) is 5.83. The van der Waals surface area contributed by atoms with Crippen molar-refractivity contribution in [3.8, 4) is 0 Å². The average molecular weight is 169 g/mol. The number of nitrogens with zero attached hydrogens (tertiary/aromatic N) is 2. The Kier molecular flexibility index (Phi) is 3.76. The van der Waals surface area contributed by atoms with Crippen molar-refractivity contribution < 1.29 is 4.74 Å². The van der Waals surface area contributed by atoms with E-state index in [0.29, 0.717) is 19.8 Å². The molecule has 0 atom stereocenters. The summed E-state index contributed by atoms with van der Waals surface area (Å²) in [6, 6.07) is 0. The molecule has 0 amide bonds. The molecule has 1 aromatic heterocycles. The van der Waals surface area contributed by atoms with Crippen LogP contribution < -0.4 is 5.73 Å². The van der Waals surface area contributed by atoms with Gasteiger partial charge in [-0.3, -0.25) is 4.68 Å². The molecule has 0 aromatic carbocycles. The van der Waals surface area contributed by atoms with Gasteiger partial charge in [-0.05, 0) is 12.5 Å². The average Bonchev–Trinajstić information content (AvgIpc) is 2.45. The third-order valence-electron chi connectivity index (χ3n) is 1.49. The van der Waals surface area contributed by atoms with E-state index in [4.69, 9.17) is 10.5 Å². The van der Waals surface area contributed by atoms with E-state index in [9.17, 15) is 0 Å². The van der Waals surface area contributed by atoms with E-state index in [1.165, 1.54) is 5.56 Å². The molecule has 1 rings (SSSR count). The summed E-state index contributed by atoms with van der Waals surface area (Å²) in [5, 5.41) is 4.12. The van der Waals surface area contributed by atoms with Gasteiger partial charge >= 0.3 is 0 Å². The molecule has 1 aromatic rings. The highest BCUT2D eigenvalue weighted by molar-refractivity contribution is 4.99. The molecule has 0 unspecified atom stereocenters. The van der Waals surface area contributed by atoms with Crippen LogP contribution in [0.15, 0.2) is 12.4 Å². The molecular weight excluding hydrogens is 154 g/mol. The maximum atomic E-state index is 5.26. The maximum absolute atomic E-state index is 5.26. The van der Waals surface area contributed by atoms with Gasteiger partial charge in [0.1, 0.15) is 0 Å². The number of aryl methyl sites for hydroxylation is 1. The van der Waals surface area contributed by atoms with E-state index in [1.807, 2.05) is 24.0 Å². The second kappa shape index (κ2) is 4.90. The molecule has 0 spiro atoms. The molecular formula is C8H15N3O. The first-order valence-corrected chi connectivity index (χ1v) is 4.10. The Morgan fingerprint density at radius 1 is 1.58 bits per heavy atom. The molecule has 0 aliphatic heterocycles. The van der Waals surface area contributed by atoms with Crippen LogP contribution in [0, 0.1) is 6.92 Å². The van der Waals surface area contributed by atoms with Gasteiger partial charge in [0.25, 0.3) is 0 Å². The third kappa shape index (κ3) is 3.02. The Balaban J connectivity index is 2.15. The molecule has 4 heteroatoms. The largest absolute Gasteiger partial charge is 0.378 e. The lowest BCUT2D eigenvalue weighted by Gasteiger charge is -2.01. The standard InChI is InChI=1S/C8H15N3O/c1-8-6-10-11(7-8)3-5-12-4-2-9/h6-7H,2-5,9H2,1H3. The van der Waals surface area contributed by atoms with Crippen molar-refractivity contribution in [2.45, 2.75) is 13.5 Å². The molecule has 0 fully saturated rings. The molecule has 2 N–H and O–H groups in total. The second-order valence-corrected chi connectivity index (χ2v) is 2.68. The number of rotatable bonds is 5. The van der Waals surface area contributed by atoms with Crippen LogP contribution in [0.3, 0.4) is 0 Å². The minimum absolute atomic E-state index is 0.581. The van der Waals surface area contributed by atoms with Gasteiger partial charge < -0.3 is 10.5 Å². The van der Waals surface area contributed by atoms with Crippen LogP contribution in [0.25, 0.3) is 0 Å². The van der Waals surface area contributed by atoms with Gasteiger partial charge in [-0.15, -0.1) is 0 Å². The predicted octanol–water partition coefficient (Wildman–Crippen LogP) is 0.167. The fraction of sp³-hybridized carbons (Fsp3) is 0.625. The number of hydrogen-bond acceptors (Lipinski definition) is 3. The molecule has 1 heterocycles. The highest BCUT2D eigenvalue weighted by atomic mass is 16.5. The summed E-state index contributed by atoms with van der Waals surface area (Å²) in [6.07, 6.45) is 3.83. The summed E-state index contributed by atoms with van der Waals surface area (Å²) in [7, 11) is 0. The lowest BCUT2D eigenvalue weighted by Crippen LogP contribution is -2.12. The molecule has 68 valence electrons. The van der Waals surface area contributed by atoms with E-state index in [0.717, 1.165) is 6.54 Å². The molecule has 12 heavy (non-hydrogen) atoms. The Morgan fingerprint density at radius 3 is 3.00 bits per heavy atom. The van der Waals surface area contributed by atoms with Crippen molar-refractivity contribution in [3.63, 3.8) is 0 Å². The van der Waals surface area contributed by atoms with Gasteiger partial charge in [0, 0.05) is 12.7 Å². The van der Waals surface area contributed by atoms with E-state index >= 15 is 0 Å². The van der Waals surface area contributed by atoms with Crippen molar-refractivity contribution in [2.24, 2.45) is 5.73 Å².